The third-order valence-corrected chi connectivity index (χ3v) is 6.85. The molecule has 1 aliphatic rings. The Morgan fingerprint density at radius 2 is 1.71 bits per heavy atom. The van der Waals surface area contributed by atoms with Crippen molar-refractivity contribution >= 4 is 26.7 Å². The van der Waals surface area contributed by atoms with Gasteiger partial charge in [0, 0.05) is 30.4 Å². The molecule has 1 aromatic heterocycles. The fraction of sp³-hybridized carbons (Fsp3) is 0.318. The van der Waals surface area contributed by atoms with Gasteiger partial charge in [-0.15, -0.1) is 0 Å². The summed E-state index contributed by atoms with van der Waals surface area (Å²) in [5.41, 5.74) is 5.03. The fourth-order valence-electron chi connectivity index (χ4n) is 3.98. The van der Waals surface area contributed by atoms with E-state index in [1.54, 1.807) is 24.3 Å². The minimum absolute atomic E-state index is 0.150. The number of aryl methyl sites for hydroxylation is 3. The Morgan fingerprint density at radius 1 is 1.00 bits per heavy atom. The van der Waals surface area contributed by atoms with Crippen molar-refractivity contribution in [1.29, 1.82) is 0 Å². The van der Waals surface area contributed by atoms with Gasteiger partial charge in [-0.3, -0.25) is 4.79 Å². The molecule has 1 N–H and O–H groups in total. The first-order chi connectivity index (χ1) is 13.4. The summed E-state index contributed by atoms with van der Waals surface area (Å²) >= 11 is 0. The number of fused-ring (bicyclic) bond motifs is 3. The second kappa shape index (κ2) is 7.18. The quantitative estimate of drug-likeness (QED) is 0.714. The number of carbonyl (C=O) groups excluding carboxylic acids is 1. The number of benzene rings is 2. The van der Waals surface area contributed by atoms with Gasteiger partial charge in [0.2, 0.25) is 10.0 Å². The predicted molar refractivity (Wildman–Crippen MR) is 110 cm³/mol. The second-order valence-electron chi connectivity index (χ2n) is 7.49. The number of aromatic nitrogens is 1. The van der Waals surface area contributed by atoms with E-state index in [-0.39, 0.29) is 17.2 Å². The molecule has 4 rings (SSSR count). The highest BCUT2D eigenvalue weighted by atomic mass is 32.2. The first-order valence-corrected chi connectivity index (χ1v) is 11.1. The van der Waals surface area contributed by atoms with Gasteiger partial charge in [0.1, 0.15) is 0 Å². The molecule has 6 heteroatoms. The molecule has 0 aliphatic heterocycles. The Bertz CT molecular complexity index is 1160. The molecule has 146 valence electrons. The summed E-state index contributed by atoms with van der Waals surface area (Å²) in [5, 5.41) is 1.12. The van der Waals surface area contributed by atoms with Gasteiger partial charge in [-0.05, 0) is 56.5 Å². The van der Waals surface area contributed by atoms with Crippen LogP contribution in [0.15, 0.2) is 47.4 Å². The van der Waals surface area contributed by atoms with E-state index < -0.39 is 10.0 Å². The molecule has 0 spiro atoms. The number of ketones is 1. The van der Waals surface area contributed by atoms with Gasteiger partial charge in [-0.2, -0.15) is 0 Å². The Balaban J connectivity index is 1.63. The summed E-state index contributed by atoms with van der Waals surface area (Å²) in [6, 6.07) is 13.0. The lowest BCUT2D eigenvalue weighted by Crippen LogP contribution is -2.28. The molecule has 3 aromatic rings. The molecule has 0 fully saturated rings. The van der Waals surface area contributed by atoms with E-state index in [0.717, 1.165) is 46.1 Å². The van der Waals surface area contributed by atoms with E-state index in [0.29, 0.717) is 13.0 Å². The van der Waals surface area contributed by atoms with Crippen LogP contribution in [-0.2, 0) is 23.0 Å². The standard InChI is InChI=1S/C22H24N2O3S/c1-15-6-9-17(10-7-15)28(26,27)23-12-13-24-20-11-8-16(2)14-19(20)18-4-3-5-21(25)22(18)24/h6-11,14,23H,3-5,12-13H2,1-2H3. The van der Waals surface area contributed by atoms with Crippen molar-refractivity contribution in [3.8, 4) is 0 Å². The maximum absolute atomic E-state index is 12.6. The molecule has 0 saturated carbocycles. The van der Waals surface area contributed by atoms with E-state index in [1.165, 1.54) is 0 Å². The largest absolute Gasteiger partial charge is 0.337 e. The van der Waals surface area contributed by atoms with Crippen LogP contribution >= 0.6 is 0 Å². The predicted octanol–water partition coefficient (Wildman–Crippen LogP) is 3.76. The highest BCUT2D eigenvalue weighted by Gasteiger charge is 2.26. The number of nitrogens with one attached hydrogen (secondary N) is 1. The Morgan fingerprint density at radius 3 is 2.46 bits per heavy atom. The number of sulfonamides is 1. The molecular weight excluding hydrogens is 372 g/mol. The van der Waals surface area contributed by atoms with Crippen LogP contribution in [0.4, 0.5) is 0 Å². The highest BCUT2D eigenvalue weighted by Crippen LogP contribution is 2.32. The zero-order chi connectivity index (χ0) is 19.9. The van der Waals surface area contributed by atoms with E-state index in [1.807, 2.05) is 30.5 Å². The first-order valence-electron chi connectivity index (χ1n) is 9.58. The van der Waals surface area contributed by atoms with Crippen LogP contribution in [0.3, 0.4) is 0 Å². The SMILES string of the molecule is Cc1ccc(S(=O)(=O)NCCn2c3c(c4cc(C)ccc42)CCCC3=O)cc1. The van der Waals surface area contributed by atoms with Crippen LogP contribution in [0.1, 0.15) is 40.0 Å². The topological polar surface area (TPSA) is 68.2 Å². The summed E-state index contributed by atoms with van der Waals surface area (Å²) in [7, 11) is -3.57. The van der Waals surface area contributed by atoms with Gasteiger partial charge in [0.15, 0.2) is 5.78 Å². The molecule has 0 amide bonds. The molecule has 2 aromatic carbocycles. The number of Topliss-reactive ketones (excluding diaryl/α,β-unsaturated/α-hetero) is 1. The second-order valence-corrected chi connectivity index (χ2v) is 9.25. The monoisotopic (exact) mass is 396 g/mol. The third-order valence-electron chi connectivity index (χ3n) is 5.38. The lowest BCUT2D eigenvalue weighted by atomic mass is 9.94. The van der Waals surface area contributed by atoms with Gasteiger partial charge in [-0.25, -0.2) is 13.1 Å². The number of carbonyl (C=O) groups is 1. The number of nitrogens with zero attached hydrogens (tertiary/aromatic N) is 1. The summed E-state index contributed by atoms with van der Waals surface area (Å²) in [6.45, 7) is 4.62. The molecule has 0 radical (unpaired) electrons. The molecule has 1 heterocycles. The number of rotatable bonds is 5. The van der Waals surface area contributed by atoms with Crippen molar-refractivity contribution in [2.24, 2.45) is 0 Å². The van der Waals surface area contributed by atoms with E-state index in [4.69, 9.17) is 0 Å². The van der Waals surface area contributed by atoms with Crippen molar-refractivity contribution < 1.29 is 13.2 Å². The molecule has 0 saturated heterocycles. The average molecular weight is 397 g/mol. The lowest BCUT2D eigenvalue weighted by molar-refractivity contribution is 0.0963. The first kappa shape index (κ1) is 18.9. The zero-order valence-electron chi connectivity index (χ0n) is 16.2. The van der Waals surface area contributed by atoms with Crippen LogP contribution < -0.4 is 4.72 Å². The maximum atomic E-state index is 12.6. The molecule has 5 nitrogen and oxygen atoms in total. The van der Waals surface area contributed by atoms with Gasteiger partial charge in [0.05, 0.1) is 10.6 Å². The van der Waals surface area contributed by atoms with Crippen molar-refractivity contribution in [2.45, 2.75) is 44.6 Å². The van der Waals surface area contributed by atoms with Gasteiger partial charge < -0.3 is 4.57 Å². The molecule has 0 bridgehead atoms. The van der Waals surface area contributed by atoms with Crippen LogP contribution in [0.5, 0.6) is 0 Å². The molecular formula is C22H24N2O3S. The van der Waals surface area contributed by atoms with Crippen LogP contribution in [0.25, 0.3) is 10.9 Å². The van der Waals surface area contributed by atoms with E-state index in [9.17, 15) is 13.2 Å². The van der Waals surface area contributed by atoms with Gasteiger partial charge in [0.25, 0.3) is 0 Å². The fourth-order valence-corrected chi connectivity index (χ4v) is 5.00. The Hall–Kier alpha value is -2.44. The van der Waals surface area contributed by atoms with E-state index >= 15 is 0 Å². The molecule has 28 heavy (non-hydrogen) atoms. The Kier molecular flexibility index (Phi) is 4.85. The molecule has 0 atom stereocenters. The van der Waals surface area contributed by atoms with Crippen molar-refractivity contribution in [2.75, 3.05) is 6.54 Å². The average Bonchev–Trinajstić information content (AvgIpc) is 2.96. The van der Waals surface area contributed by atoms with Gasteiger partial charge >= 0.3 is 0 Å². The summed E-state index contributed by atoms with van der Waals surface area (Å²) in [4.78, 5) is 12.9. The van der Waals surface area contributed by atoms with Crippen LogP contribution in [-0.4, -0.2) is 25.3 Å². The minimum Gasteiger partial charge on any atom is -0.337 e. The van der Waals surface area contributed by atoms with Crippen molar-refractivity contribution in [3.63, 3.8) is 0 Å². The molecule has 1 aliphatic carbocycles. The summed E-state index contributed by atoms with van der Waals surface area (Å²) < 4.78 is 29.8. The minimum atomic E-state index is -3.57. The Labute approximate surface area is 165 Å². The van der Waals surface area contributed by atoms with Gasteiger partial charge in [-0.1, -0.05) is 29.3 Å². The number of hydrogen-bond acceptors (Lipinski definition) is 3. The van der Waals surface area contributed by atoms with Crippen LogP contribution in [0, 0.1) is 13.8 Å². The third kappa shape index (κ3) is 3.38. The lowest BCUT2D eigenvalue weighted by Gasteiger charge is -2.15. The zero-order valence-corrected chi connectivity index (χ0v) is 17.0. The normalized spacial score (nSPS) is 14.4. The van der Waals surface area contributed by atoms with Crippen molar-refractivity contribution in [3.05, 3.63) is 64.8 Å². The highest BCUT2D eigenvalue weighted by molar-refractivity contribution is 7.89. The van der Waals surface area contributed by atoms with E-state index in [2.05, 4.69) is 10.8 Å². The summed E-state index contributed by atoms with van der Waals surface area (Å²) in [5.74, 6) is 0.150. The number of hydrogen-bond donors (Lipinski definition) is 1. The van der Waals surface area contributed by atoms with Crippen molar-refractivity contribution in [1.82, 2.24) is 9.29 Å². The maximum Gasteiger partial charge on any atom is 0.240 e. The molecule has 0 unspecified atom stereocenters. The van der Waals surface area contributed by atoms with Crippen LogP contribution in [0.2, 0.25) is 0 Å². The smallest absolute Gasteiger partial charge is 0.240 e. The summed E-state index contributed by atoms with van der Waals surface area (Å²) in [6.07, 6.45) is 2.32.